The Labute approximate surface area is 121 Å². The van der Waals surface area contributed by atoms with E-state index in [2.05, 4.69) is 40.1 Å². The summed E-state index contributed by atoms with van der Waals surface area (Å²) in [6.45, 7) is 4.53. The second-order valence-corrected chi connectivity index (χ2v) is 6.39. The van der Waals surface area contributed by atoms with E-state index >= 15 is 0 Å². The summed E-state index contributed by atoms with van der Waals surface area (Å²) in [6, 6.07) is 1.88. The summed E-state index contributed by atoms with van der Waals surface area (Å²) in [4.78, 5) is 14.4. The fraction of sp³-hybridized carbons (Fsp3) is 0.615. The Morgan fingerprint density at radius 1 is 1.37 bits per heavy atom. The number of nitro groups is 1. The maximum atomic E-state index is 10.7. The summed E-state index contributed by atoms with van der Waals surface area (Å²) in [7, 11) is 0. The van der Waals surface area contributed by atoms with Gasteiger partial charge in [-0.25, -0.2) is 4.98 Å². The van der Waals surface area contributed by atoms with E-state index in [0.29, 0.717) is 28.2 Å². The maximum Gasteiger partial charge on any atom is 0.288 e. The van der Waals surface area contributed by atoms with Crippen LogP contribution >= 0.6 is 15.9 Å². The summed E-state index contributed by atoms with van der Waals surface area (Å²) < 4.78 is 0.646. The minimum absolute atomic E-state index is 0.00260. The van der Waals surface area contributed by atoms with E-state index < -0.39 is 4.92 Å². The van der Waals surface area contributed by atoms with Gasteiger partial charge in [-0.05, 0) is 47.0 Å². The maximum absolute atomic E-state index is 10.7. The van der Waals surface area contributed by atoms with Crippen molar-refractivity contribution >= 4 is 27.4 Å². The summed E-state index contributed by atoms with van der Waals surface area (Å²) in [6.07, 6.45) is 4.81. The molecule has 1 aromatic heterocycles. The Kier molecular flexibility index (Phi) is 4.39. The lowest BCUT2D eigenvalue weighted by atomic mass is 9.80. The molecule has 1 fully saturated rings. The molecular formula is C13H18BrN3O2. The Morgan fingerprint density at radius 3 is 2.53 bits per heavy atom. The van der Waals surface area contributed by atoms with Crippen LogP contribution in [0.4, 0.5) is 11.5 Å². The Balaban J connectivity index is 2.08. The van der Waals surface area contributed by atoms with Crippen LogP contribution < -0.4 is 5.32 Å². The smallest absolute Gasteiger partial charge is 0.288 e. The molecule has 19 heavy (non-hydrogen) atoms. The van der Waals surface area contributed by atoms with E-state index in [0.717, 1.165) is 12.8 Å². The van der Waals surface area contributed by atoms with E-state index in [1.54, 1.807) is 0 Å². The Bertz CT molecular complexity index is 471. The zero-order chi connectivity index (χ0) is 14.0. The van der Waals surface area contributed by atoms with Crippen LogP contribution in [0.15, 0.2) is 16.7 Å². The van der Waals surface area contributed by atoms with Gasteiger partial charge in [-0.2, -0.15) is 0 Å². The molecule has 1 aliphatic carbocycles. The molecule has 2 atom stereocenters. The molecule has 1 aliphatic rings. The zero-order valence-corrected chi connectivity index (χ0v) is 12.7. The van der Waals surface area contributed by atoms with E-state index in [1.807, 2.05) is 0 Å². The molecule has 0 saturated heterocycles. The van der Waals surface area contributed by atoms with Gasteiger partial charge in [-0.1, -0.05) is 13.8 Å². The third kappa shape index (κ3) is 3.65. The highest BCUT2D eigenvalue weighted by Gasteiger charge is 2.24. The molecule has 6 heteroatoms. The van der Waals surface area contributed by atoms with Crippen LogP contribution in [-0.2, 0) is 0 Å². The molecule has 1 heterocycles. The lowest BCUT2D eigenvalue weighted by molar-refractivity contribution is -0.385. The van der Waals surface area contributed by atoms with Crippen molar-refractivity contribution in [2.45, 2.75) is 39.2 Å². The first-order valence-corrected chi connectivity index (χ1v) is 7.31. The van der Waals surface area contributed by atoms with Crippen LogP contribution in [0, 0.1) is 22.0 Å². The summed E-state index contributed by atoms with van der Waals surface area (Å²) in [5, 5.41) is 14.1. The fourth-order valence-electron chi connectivity index (χ4n) is 2.89. The predicted molar refractivity (Wildman–Crippen MR) is 78.2 cm³/mol. The van der Waals surface area contributed by atoms with E-state index in [-0.39, 0.29) is 5.69 Å². The van der Waals surface area contributed by atoms with Gasteiger partial charge < -0.3 is 5.32 Å². The second-order valence-electron chi connectivity index (χ2n) is 5.54. The monoisotopic (exact) mass is 327 g/mol. The molecule has 2 rings (SSSR count). The standard InChI is InChI=1S/C13H18BrN3O2/c1-8-3-9(2)5-10(4-8)16-13-12(14)6-11(7-15-13)17(18)19/h6-10H,3-5H2,1-2H3,(H,15,16). The van der Waals surface area contributed by atoms with Gasteiger partial charge in [0.25, 0.3) is 5.69 Å². The average Bonchev–Trinajstić information content (AvgIpc) is 2.30. The molecule has 1 saturated carbocycles. The van der Waals surface area contributed by atoms with Gasteiger partial charge in [-0.3, -0.25) is 10.1 Å². The van der Waals surface area contributed by atoms with Crippen molar-refractivity contribution in [3.8, 4) is 0 Å². The summed E-state index contributed by atoms with van der Waals surface area (Å²) in [5.41, 5.74) is 0.00260. The third-order valence-electron chi connectivity index (χ3n) is 3.56. The number of halogens is 1. The minimum atomic E-state index is -0.438. The van der Waals surface area contributed by atoms with E-state index in [9.17, 15) is 10.1 Å². The van der Waals surface area contributed by atoms with Crippen molar-refractivity contribution < 1.29 is 4.92 Å². The molecule has 0 amide bonds. The molecule has 2 unspecified atom stereocenters. The van der Waals surface area contributed by atoms with Gasteiger partial charge in [0.15, 0.2) is 0 Å². The Morgan fingerprint density at radius 2 is 2.00 bits per heavy atom. The number of aromatic nitrogens is 1. The van der Waals surface area contributed by atoms with Gasteiger partial charge in [0.1, 0.15) is 12.0 Å². The van der Waals surface area contributed by atoms with Crippen LogP contribution in [0.2, 0.25) is 0 Å². The van der Waals surface area contributed by atoms with E-state index in [4.69, 9.17) is 0 Å². The van der Waals surface area contributed by atoms with Crippen molar-refractivity contribution in [3.05, 3.63) is 26.9 Å². The number of nitrogens with zero attached hydrogens (tertiary/aromatic N) is 2. The SMILES string of the molecule is CC1CC(C)CC(Nc2ncc([N+](=O)[O-])cc2Br)C1. The fourth-order valence-corrected chi connectivity index (χ4v) is 3.34. The number of nitrogens with one attached hydrogen (secondary N) is 1. The molecule has 1 N–H and O–H groups in total. The highest BCUT2D eigenvalue weighted by Crippen LogP contribution is 2.32. The molecule has 5 nitrogen and oxygen atoms in total. The lowest BCUT2D eigenvalue weighted by Gasteiger charge is -2.32. The highest BCUT2D eigenvalue weighted by molar-refractivity contribution is 9.10. The average molecular weight is 328 g/mol. The van der Waals surface area contributed by atoms with Crippen LogP contribution in [0.1, 0.15) is 33.1 Å². The van der Waals surface area contributed by atoms with Crippen molar-refractivity contribution in [2.75, 3.05) is 5.32 Å². The van der Waals surface area contributed by atoms with Crippen molar-refractivity contribution in [2.24, 2.45) is 11.8 Å². The molecule has 1 aromatic rings. The number of anilines is 1. The van der Waals surface area contributed by atoms with Crippen molar-refractivity contribution in [1.82, 2.24) is 4.98 Å². The van der Waals surface area contributed by atoms with Gasteiger partial charge in [0.05, 0.1) is 9.40 Å². The van der Waals surface area contributed by atoms with Gasteiger partial charge in [0.2, 0.25) is 0 Å². The normalized spacial score (nSPS) is 27.0. The Hall–Kier alpha value is -1.17. The summed E-state index contributed by atoms with van der Waals surface area (Å²) >= 11 is 3.34. The number of rotatable bonds is 3. The quantitative estimate of drug-likeness (QED) is 0.673. The van der Waals surface area contributed by atoms with Crippen LogP contribution in [0.5, 0.6) is 0 Å². The van der Waals surface area contributed by atoms with Gasteiger partial charge in [-0.15, -0.1) is 0 Å². The van der Waals surface area contributed by atoms with Crippen molar-refractivity contribution in [1.29, 1.82) is 0 Å². The number of hydrogen-bond donors (Lipinski definition) is 1. The van der Waals surface area contributed by atoms with Crippen LogP contribution in [-0.4, -0.2) is 15.9 Å². The molecule has 0 radical (unpaired) electrons. The first-order chi connectivity index (χ1) is 8.95. The first-order valence-electron chi connectivity index (χ1n) is 6.52. The molecule has 0 aliphatic heterocycles. The van der Waals surface area contributed by atoms with Crippen molar-refractivity contribution in [3.63, 3.8) is 0 Å². The summed E-state index contributed by atoms with van der Waals surface area (Å²) in [5.74, 6) is 2.10. The first kappa shape index (κ1) is 14.2. The molecule has 0 bridgehead atoms. The number of hydrogen-bond acceptors (Lipinski definition) is 4. The van der Waals surface area contributed by atoms with Crippen LogP contribution in [0.25, 0.3) is 0 Å². The highest BCUT2D eigenvalue weighted by atomic mass is 79.9. The predicted octanol–water partition coefficient (Wildman–Crippen LogP) is 3.99. The minimum Gasteiger partial charge on any atom is -0.366 e. The third-order valence-corrected chi connectivity index (χ3v) is 4.16. The van der Waals surface area contributed by atoms with Gasteiger partial charge >= 0.3 is 0 Å². The molecular weight excluding hydrogens is 310 g/mol. The topological polar surface area (TPSA) is 68.1 Å². The molecule has 104 valence electrons. The molecule has 0 aromatic carbocycles. The van der Waals surface area contributed by atoms with Gasteiger partial charge in [0, 0.05) is 12.1 Å². The largest absolute Gasteiger partial charge is 0.366 e. The number of pyridine rings is 1. The molecule has 0 spiro atoms. The van der Waals surface area contributed by atoms with Crippen LogP contribution in [0.3, 0.4) is 0 Å². The zero-order valence-electron chi connectivity index (χ0n) is 11.1. The lowest BCUT2D eigenvalue weighted by Crippen LogP contribution is -2.30. The van der Waals surface area contributed by atoms with E-state index in [1.165, 1.54) is 18.7 Å². The second kappa shape index (κ2) is 5.86.